The van der Waals surface area contributed by atoms with Gasteiger partial charge in [-0.3, -0.25) is 9.48 Å². The van der Waals surface area contributed by atoms with Gasteiger partial charge in [0.1, 0.15) is 11.9 Å². The first kappa shape index (κ1) is 13.1. The van der Waals surface area contributed by atoms with Crippen molar-refractivity contribution in [3.63, 3.8) is 0 Å². The van der Waals surface area contributed by atoms with Gasteiger partial charge in [-0.25, -0.2) is 0 Å². The van der Waals surface area contributed by atoms with Crippen molar-refractivity contribution < 1.29 is 4.79 Å². The Labute approximate surface area is 112 Å². The Morgan fingerprint density at radius 2 is 2.16 bits per heavy atom. The molecule has 5 nitrogen and oxygen atoms in total. The topological polar surface area (TPSA) is 59.0 Å². The first-order valence-corrected chi connectivity index (χ1v) is 6.18. The van der Waals surface area contributed by atoms with Crippen LogP contribution in [0.25, 0.3) is 0 Å². The molecule has 1 atom stereocenters. The molecule has 100 valence electrons. The summed E-state index contributed by atoms with van der Waals surface area (Å²) in [5, 5.41) is 10.1. The number of amides is 1. The van der Waals surface area contributed by atoms with Gasteiger partial charge < -0.3 is 10.6 Å². The van der Waals surface area contributed by atoms with Crippen LogP contribution in [0.15, 0.2) is 36.5 Å². The van der Waals surface area contributed by atoms with E-state index in [1.165, 1.54) is 0 Å². The minimum atomic E-state index is -0.351. The summed E-state index contributed by atoms with van der Waals surface area (Å²) < 4.78 is 1.69. The van der Waals surface area contributed by atoms with Gasteiger partial charge in [0.25, 0.3) is 0 Å². The lowest BCUT2D eigenvalue weighted by Gasteiger charge is -2.13. The molecule has 1 unspecified atom stereocenters. The lowest BCUT2D eigenvalue weighted by atomic mass is 10.2. The molecule has 0 fully saturated rings. The minimum absolute atomic E-state index is 0.0868. The van der Waals surface area contributed by atoms with E-state index in [-0.39, 0.29) is 11.9 Å². The Bertz CT molecular complexity index is 576. The number of nitrogens with one attached hydrogen (secondary N) is 2. The van der Waals surface area contributed by atoms with Crippen molar-refractivity contribution in [1.29, 1.82) is 0 Å². The average molecular weight is 258 g/mol. The van der Waals surface area contributed by atoms with Gasteiger partial charge in [-0.05, 0) is 31.5 Å². The molecule has 5 heteroatoms. The maximum absolute atomic E-state index is 12.0. The van der Waals surface area contributed by atoms with Gasteiger partial charge in [0.2, 0.25) is 5.91 Å². The zero-order chi connectivity index (χ0) is 13.8. The molecular weight excluding hydrogens is 240 g/mol. The Morgan fingerprint density at radius 3 is 2.79 bits per heavy atom. The summed E-state index contributed by atoms with van der Waals surface area (Å²) in [6, 6.07) is 9.20. The highest BCUT2D eigenvalue weighted by Gasteiger charge is 2.13. The van der Waals surface area contributed by atoms with Crippen molar-refractivity contribution in [3.8, 4) is 0 Å². The molecule has 0 saturated carbocycles. The minimum Gasteiger partial charge on any atom is -0.357 e. The summed E-state index contributed by atoms with van der Waals surface area (Å²) >= 11 is 0. The SMILES string of the molecule is Cc1cccc(NC(=O)C(C)Nc2ccn(C)n2)c1. The van der Waals surface area contributed by atoms with Gasteiger partial charge in [-0.2, -0.15) is 5.10 Å². The number of hydrogen-bond donors (Lipinski definition) is 2. The van der Waals surface area contributed by atoms with Crippen LogP contribution in [0.3, 0.4) is 0 Å². The monoisotopic (exact) mass is 258 g/mol. The molecule has 0 aliphatic heterocycles. The average Bonchev–Trinajstić information content (AvgIpc) is 2.74. The van der Waals surface area contributed by atoms with Crippen LogP contribution in [-0.2, 0) is 11.8 Å². The molecule has 2 aromatic rings. The van der Waals surface area contributed by atoms with Crippen LogP contribution in [0.4, 0.5) is 11.5 Å². The van der Waals surface area contributed by atoms with E-state index >= 15 is 0 Å². The number of aryl methyl sites for hydroxylation is 2. The lowest BCUT2D eigenvalue weighted by molar-refractivity contribution is -0.116. The molecule has 0 spiro atoms. The van der Waals surface area contributed by atoms with Crippen molar-refractivity contribution in [2.24, 2.45) is 7.05 Å². The zero-order valence-corrected chi connectivity index (χ0v) is 11.3. The van der Waals surface area contributed by atoms with E-state index in [0.717, 1.165) is 11.3 Å². The second-order valence-electron chi connectivity index (χ2n) is 4.60. The molecule has 0 saturated heterocycles. The quantitative estimate of drug-likeness (QED) is 0.883. The highest BCUT2D eigenvalue weighted by molar-refractivity contribution is 5.96. The molecule has 0 radical (unpaired) electrons. The van der Waals surface area contributed by atoms with Gasteiger partial charge >= 0.3 is 0 Å². The first-order valence-electron chi connectivity index (χ1n) is 6.18. The van der Waals surface area contributed by atoms with Gasteiger partial charge in [0, 0.05) is 25.0 Å². The summed E-state index contributed by atoms with van der Waals surface area (Å²) in [5.41, 5.74) is 1.92. The van der Waals surface area contributed by atoms with Crippen molar-refractivity contribution in [1.82, 2.24) is 9.78 Å². The van der Waals surface area contributed by atoms with E-state index in [2.05, 4.69) is 15.7 Å². The van der Waals surface area contributed by atoms with Gasteiger partial charge in [-0.15, -0.1) is 0 Å². The number of hydrogen-bond acceptors (Lipinski definition) is 3. The Hall–Kier alpha value is -2.30. The van der Waals surface area contributed by atoms with Crippen LogP contribution in [0.2, 0.25) is 0 Å². The van der Waals surface area contributed by atoms with E-state index in [0.29, 0.717) is 5.82 Å². The fourth-order valence-corrected chi connectivity index (χ4v) is 1.75. The molecular formula is C14H18N4O. The summed E-state index contributed by atoms with van der Waals surface area (Å²) in [5.74, 6) is 0.602. The first-order chi connectivity index (χ1) is 9.04. The van der Waals surface area contributed by atoms with E-state index in [9.17, 15) is 4.79 Å². The molecule has 1 aromatic heterocycles. The van der Waals surface area contributed by atoms with E-state index in [1.807, 2.05) is 50.5 Å². The molecule has 1 heterocycles. The molecule has 2 N–H and O–H groups in total. The predicted molar refractivity (Wildman–Crippen MR) is 76.1 cm³/mol. The van der Waals surface area contributed by atoms with E-state index < -0.39 is 0 Å². The number of carbonyl (C=O) groups excluding carboxylic acids is 1. The maximum atomic E-state index is 12.0. The predicted octanol–water partition coefficient (Wildman–Crippen LogP) is 2.17. The third-order valence-electron chi connectivity index (χ3n) is 2.76. The van der Waals surface area contributed by atoms with Crippen molar-refractivity contribution in [2.45, 2.75) is 19.9 Å². The molecule has 1 amide bonds. The number of anilines is 2. The molecule has 0 bridgehead atoms. The third kappa shape index (κ3) is 3.58. The Kier molecular flexibility index (Phi) is 3.85. The normalized spacial score (nSPS) is 11.9. The zero-order valence-electron chi connectivity index (χ0n) is 11.3. The number of rotatable bonds is 4. The summed E-state index contributed by atoms with van der Waals surface area (Å²) in [6.07, 6.45) is 1.83. The third-order valence-corrected chi connectivity index (χ3v) is 2.76. The Balaban J connectivity index is 1.96. The number of benzene rings is 1. The van der Waals surface area contributed by atoms with Crippen LogP contribution in [0.1, 0.15) is 12.5 Å². The molecule has 0 aliphatic rings. The number of nitrogens with zero attached hydrogens (tertiary/aromatic N) is 2. The molecule has 0 aliphatic carbocycles. The van der Waals surface area contributed by atoms with Crippen molar-refractivity contribution >= 4 is 17.4 Å². The largest absolute Gasteiger partial charge is 0.357 e. The smallest absolute Gasteiger partial charge is 0.246 e. The summed E-state index contributed by atoms with van der Waals surface area (Å²) in [7, 11) is 1.84. The van der Waals surface area contributed by atoms with Gasteiger partial charge in [0.05, 0.1) is 0 Å². The van der Waals surface area contributed by atoms with E-state index in [1.54, 1.807) is 11.6 Å². The lowest BCUT2D eigenvalue weighted by Crippen LogP contribution is -2.32. The number of aromatic nitrogens is 2. The standard InChI is InChI=1S/C14H18N4O/c1-10-5-4-6-12(9-10)16-14(19)11(2)15-13-7-8-18(3)17-13/h4-9,11H,1-3H3,(H,15,17)(H,16,19). The van der Waals surface area contributed by atoms with Crippen LogP contribution < -0.4 is 10.6 Å². The summed E-state index contributed by atoms with van der Waals surface area (Å²) in [4.78, 5) is 12.0. The fourth-order valence-electron chi connectivity index (χ4n) is 1.75. The van der Waals surface area contributed by atoms with Crippen molar-refractivity contribution in [2.75, 3.05) is 10.6 Å². The van der Waals surface area contributed by atoms with Crippen LogP contribution in [-0.4, -0.2) is 21.7 Å². The maximum Gasteiger partial charge on any atom is 0.246 e. The highest BCUT2D eigenvalue weighted by atomic mass is 16.2. The molecule has 1 aromatic carbocycles. The van der Waals surface area contributed by atoms with Gasteiger partial charge in [-0.1, -0.05) is 12.1 Å². The van der Waals surface area contributed by atoms with Crippen LogP contribution >= 0.6 is 0 Å². The number of carbonyl (C=O) groups is 1. The van der Waals surface area contributed by atoms with Crippen LogP contribution in [0, 0.1) is 6.92 Å². The van der Waals surface area contributed by atoms with Gasteiger partial charge in [0.15, 0.2) is 0 Å². The molecule has 2 rings (SSSR count). The fraction of sp³-hybridized carbons (Fsp3) is 0.286. The van der Waals surface area contributed by atoms with E-state index in [4.69, 9.17) is 0 Å². The van der Waals surface area contributed by atoms with Crippen molar-refractivity contribution in [3.05, 3.63) is 42.1 Å². The second-order valence-corrected chi connectivity index (χ2v) is 4.60. The summed E-state index contributed by atoms with van der Waals surface area (Å²) in [6.45, 7) is 3.80. The highest BCUT2D eigenvalue weighted by Crippen LogP contribution is 2.11. The van der Waals surface area contributed by atoms with Crippen LogP contribution in [0.5, 0.6) is 0 Å². The molecule has 19 heavy (non-hydrogen) atoms. The second kappa shape index (κ2) is 5.56. The Morgan fingerprint density at radius 1 is 1.37 bits per heavy atom.